The average Bonchev–Trinajstić information content (AvgIpc) is 3.22. The number of imidazole rings is 1. The summed E-state index contributed by atoms with van der Waals surface area (Å²) in [7, 11) is 0. The molecule has 0 bridgehead atoms. The molecule has 2 unspecified atom stereocenters. The van der Waals surface area contributed by atoms with Gasteiger partial charge < -0.3 is 15.3 Å². The number of hydrogen-bond acceptors (Lipinski definition) is 2. The van der Waals surface area contributed by atoms with Gasteiger partial charge in [-0.3, -0.25) is 0 Å². The van der Waals surface area contributed by atoms with E-state index in [9.17, 15) is 4.79 Å². The maximum absolute atomic E-state index is 11.5. The molecule has 1 aliphatic rings. The second-order valence-corrected chi connectivity index (χ2v) is 6.98. The molecule has 0 spiro atoms. The van der Waals surface area contributed by atoms with Crippen LogP contribution in [0.3, 0.4) is 0 Å². The molecule has 1 fully saturated rings. The van der Waals surface area contributed by atoms with Gasteiger partial charge in [-0.15, -0.1) is 0 Å². The third-order valence-electron chi connectivity index (χ3n) is 4.47. The summed E-state index contributed by atoms with van der Waals surface area (Å²) in [5.74, 6) is 1.43. The summed E-state index contributed by atoms with van der Waals surface area (Å²) in [5.41, 5.74) is 2.82. The maximum atomic E-state index is 11.5. The molecule has 1 saturated carbocycles. The molecule has 1 aliphatic carbocycles. The van der Waals surface area contributed by atoms with E-state index in [1.165, 1.54) is 18.4 Å². The monoisotopic (exact) mass is 351 g/mol. The maximum Gasteiger partial charge on any atom is 0.323 e. The Morgan fingerprint density at radius 1 is 1.33 bits per heavy atom. The van der Waals surface area contributed by atoms with Crippen molar-refractivity contribution in [1.29, 1.82) is 0 Å². The van der Waals surface area contributed by atoms with Gasteiger partial charge in [-0.1, -0.05) is 29.8 Å². The van der Waals surface area contributed by atoms with E-state index < -0.39 is 0 Å². The predicted molar refractivity (Wildman–Crippen MR) is 89.5 cm³/mol. The highest BCUT2D eigenvalue weighted by molar-refractivity contribution is 9.10. The summed E-state index contributed by atoms with van der Waals surface area (Å²) in [6, 6.07) is 4.43. The minimum atomic E-state index is -0.151. The Kier molecular flexibility index (Phi) is 4.22. The largest absolute Gasteiger partial charge is 0.323 e. The normalized spacial score (nSPS) is 18.0. The van der Waals surface area contributed by atoms with Crippen molar-refractivity contribution in [2.45, 2.75) is 39.2 Å². The molecule has 21 heavy (non-hydrogen) atoms. The minimum Gasteiger partial charge on any atom is -0.310 e. The zero-order chi connectivity index (χ0) is 15.0. The minimum absolute atomic E-state index is 0.151. The molecule has 1 heterocycles. The molecular formula is C16H22BrN3O. The van der Waals surface area contributed by atoms with Gasteiger partial charge in [0.1, 0.15) is 0 Å². The third-order valence-corrected chi connectivity index (χ3v) is 5.16. The molecule has 4 nitrogen and oxygen atoms in total. The molecule has 114 valence electrons. The smallest absolute Gasteiger partial charge is 0.310 e. The van der Waals surface area contributed by atoms with Crippen molar-refractivity contribution >= 4 is 27.0 Å². The van der Waals surface area contributed by atoms with Crippen LogP contribution < -0.4 is 11.0 Å². The van der Waals surface area contributed by atoms with E-state index in [4.69, 9.17) is 0 Å². The van der Waals surface area contributed by atoms with Crippen LogP contribution in [-0.4, -0.2) is 16.5 Å². The van der Waals surface area contributed by atoms with E-state index in [1.54, 1.807) is 0 Å². The fourth-order valence-electron chi connectivity index (χ4n) is 3.08. The Morgan fingerprint density at radius 2 is 2.00 bits per heavy atom. The molecular weight excluding hydrogens is 330 g/mol. The van der Waals surface area contributed by atoms with Crippen molar-refractivity contribution in [1.82, 2.24) is 15.3 Å². The fraction of sp³-hybridized carbons (Fsp3) is 0.562. The lowest BCUT2D eigenvalue weighted by molar-refractivity contribution is 0.349. The summed E-state index contributed by atoms with van der Waals surface area (Å²) in [6.07, 6.45) is 3.80. The van der Waals surface area contributed by atoms with Gasteiger partial charge in [-0.2, -0.15) is 0 Å². The zero-order valence-corrected chi connectivity index (χ0v) is 14.1. The first-order valence-electron chi connectivity index (χ1n) is 7.75. The van der Waals surface area contributed by atoms with E-state index in [1.807, 2.05) is 6.07 Å². The number of hydrogen-bond donors (Lipinski definition) is 3. The highest BCUT2D eigenvalue weighted by atomic mass is 79.9. The van der Waals surface area contributed by atoms with Gasteiger partial charge in [0.15, 0.2) is 0 Å². The molecule has 0 amide bonds. The summed E-state index contributed by atoms with van der Waals surface area (Å²) in [5, 5.41) is 3.69. The van der Waals surface area contributed by atoms with E-state index in [2.05, 4.69) is 51.1 Å². The molecule has 5 heteroatoms. The van der Waals surface area contributed by atoms with Gasteiger partial charge in [0, 0.05) is 10.5 Å². The third kappa shape index (κ3) is 3.09. The molecule has 3 rings (SSSR count). The number of aromatic amines is 2. The van der Waals surface area contributed by atoms with Crippen molar-refractivity contribution in [3.8, 4) is 0 Å². The molecule has 0 saturated heterocycles. The number of halogens is 1. The highest BCUT2D eigenvalue weighted by Gasteiger charge is 2.34. The van der Waals surface area contributed by atoms with Gasteiger partial charge in [0.05, 0.1) is 11.0 Å². The number of aromatic nitrogens is 2. The molecule has 1 aromatic carbocycles. The Hall–Kier alpha value is -1.07. The topological polar surface area (TPSA) is 60.7 Å². The highest BCUT2D eigenvalue weighted by Crippen LogP contribution is 2.44. The Morgan fingerprint density at radius 3 is 2.62 bits per heavy atom. The second-order valence-electron chi connectivity index (χ2n) is 6.13. The SMILES string of the molecule is CCCNC(c1cc2[nH]c(=O)[nH]c2cc1Br)C(C)C1CC1. The van der Waals surface area contributed by atoms with E-state index in [0.29, 0.717) is 12.0 Å². The molecule has 0 radical (unpaired) electrons. The van der Waals surface area contributed by atoms with Crippen molar-refractivity contribution in [3.05, 3.63) is 32.7 Å². The van der Waals surface area contributed by atoms with Crippen LogP contribution in [0.2, 0.25) is 0 Å². The lowest BCUT2D eigenvalue weighted by Crippen LogP contribution is -2.29. The fourth-order valence-corrected chi connectivity index (χ4v) is 3.67. The average molecular weight is 352 g/mol. The van der Waals surface area contributed by atoms with Crippen LogP contribution >= 0.6 is 15.9 Å². The lowest BCUT2D eigenvalue weighted by Gasteiger charge is -2.27. The summed E-state index contributed by atoms with van der Waals surface area (Å²) in [4.78, 5) is 17.1. The molecule has 1 aromatic heterocycles. The summed E-state index contributed by atoms with van der Waals surface area (Å²) >= 11 is 3.68. The van der Waals surface area contributed by atoms with Crippen molar-refractivity contribution in [3.63, 3.8) is 0 Å². The number of fused-ring (bicyclic) bond motifs is 1. The van der Waals surface area contributed by atoms with Gasteiger partial charge in [-0.25, -0.2) is 4.79 Å². The van der Waals surface area contributed by atoms with Gasteiger partial charge >= 0.3 is 5.69 Å². The van der Waals surface area contributed by atoms with E-state index >= 15 is 0 Å². The molecule has 2 aromatic rings. The predicted octanol–water partition coefficient (Wildman–Crippen LogP) is 3.71. The first-order chi connectivity index (χ1) is 10.1. The second kappa shape index (κ2) is 5.97. The van der Waals surface area contributed by atoms with Gasteiger partial charge in [0.2, 0.25) is 0 Å². The van der Waals surface area contributed by atoms with Crippen LogP contribution in [0.25, 0.3) is 11.0 Å². The van der Waals surface area contributed by atoms with E-state index in [0.717, 1.165) is 34.4 Å². The van der Waals surface area contributed by atoms with Crippen LogP contribution in [0.4, 0.5) is 0 Å². The lowest BCUT2D eigenvalue weighted by atomic mass is 9.90. The zero-order valence-electron chi connectivity index (χ0n) is 12.5. The Bertz CT molecular complexity index is 686. The van der Waals surface area contributed by atoms with Crippen molar-refractivity contribution in [2.75, 3.05) is 6.54 Å². The molecule has 0 aliphatic heterocycles. The van der Waals surface area contributed by atoms with Crippen molar-refractivity contribution in [2.24, 2.45) is 11.8 Å². The van der Waals surface area contributed by atoms with Gasteiger partial charge in [-0.05, 0) is 55.3 Å². The quantitative estimate of drug-likeness (QED) is 0.742. The van der Waals surface area contributed by atoms with Gasteiger partial charge in [0.25, 0.3) is 0 Å². The van der Waals surface area contributed by atoms with Crippen LogP contribution in [0, 0.1) is 11.8 Å². The summed E-state index contributed by atoms with van der Waals surface area (Å²) < 4.78 is 1.06. The number of nitrogens with one attached hydrogen (secondary N) is 3. The van der Waals surface area contributed by atoms with Crippen LogP contribution in [-0.2, 0) is 0 Å². The van der Waals surface area contributed by atoms with Crippen LogP contribution in [0.1, 0.15) is 44.7 Å². The number of benzene rings is 1. The standard InChI is InChI=1S/C16H22BrN3O/c1-3-6-18-15(9(2)10-4-5-10)11-7-13-14(8-12(11)17)20-16(21)19-13/h7-10,15,18H,3-6H2,1-2H3,(H2,19,20,21). The molecule has 3 N–H and O–H groups in total. The Balaban J connectivity index is 1.99. The first kappa shape index (κ1) is 14.9. The van der Waals surface area contributed by atoms with Crippen LogP contribution in [0.15, 0.2) is 21.4 Å². The number of rotatable bonds is 6. The number of H-pyrrole nitrogens is 2. The summed E-state index contributed by atoms with van der Waals surface area (Å²) in [6.45, 7) is 5.53. The van der Waals surface area contributed by atoms with Crippen molar-refractivity contribution < 1.29 is 0 Å². The van der Waals surface area contributed by atoms with E-state index in [-0.39, 0.29) is 5.69 Å². The molecule has 2 atom stereocenters. The first-order valence-corrected chi connectivity index (χ1v) is 8.54. The Labute approximate surface area is 132 Å². The van der Waals surface area contributed by atoms with Crippen LogP contribution in [0.5, 0.6) is 0 Å².